The second-order valence-corrected chi connectivity index (χ2v) is 4.34. The number of aromatic amines is 1. The van der Waals surface area contributed by atoms with Crippen LogP contribution in [0.5, 0.6) is 0 Å². The van der Waals surface area contributed by atoms with Crippen LogP contribution in [-0.2, 0) is 5.41 Å². The van der Waals surface area contributed by atoms with Gasteiger partial charge < -0.3 is 10.7 Å². The van der Waals surface area contributed by atoms with Crippen LogP contribution in [0, 0.1) is 0 Å². The number of fused-ring (bicyclic) bond motifs is 1. The van der Waals surface area contributed by atoms with Gasteiger partial charge in [-0.1, -0.05) is 32.0 Å². The van der Waals surface area contributed by atoms with Gasteiger partial charge in [0.25, 0.3) is 0 Å². The molecule has 2 aromatic rings. The Morgan fingerprint density at radius 3 is 2.79 bits per heavy atom. The van der Waals surface area contributed by atoms with Crippen LogP contribution in [0.3, 0.4) is 0 Å². The van der Waals surface area contributed by atoms with Crippen LogP contribution in [-0.4, -0.2) is 11.5 Å². The van der Waals surface area contributed by atoms with Gasteiger partial charge in [-0.3, -0.25) is 0 Å². The lowest BCUT2D eigenvalue weighted by Gasteiger charge is -2.23. The number of para-hydroxylation sites is 1. The Kier molecular flexibility index (Phi) is 2.08. The van der Waals surface area contributed by atoms with Gasteiger partial charge >= 0.3 is 0 Å². The Morgan fingerprint density at radius 1 is 1.29 bits per heavy atom. The molecule has 0 aliphatic rings. The quantitative estimate of drug-likeness (QED) is 0.746. The van der Waals surface area contributed by atoms with E-state index in [1.54, 1.807) is 0 Å². The van der Waals surface area contributed by atoms with Crippen LogP contribution in [0.1, 0.15) is 19.4 Å². The fourth-order valence-electron chi connectivity index (χ4n) is 1.76. The van der Waals surface area contributed by atoms with Gasteiger partial charge in [-0.2, -0.15) is 0 Å². The number of nitrogens with one attached hydrogen (secondary N) is 1. The molecule has 0 aliphatic heterocycles. The summed E-state index contributed by atoms with van der Waals surface area (Å²) in [5, 5.41) is 1.25. The number of hydrogen-bond acceptors (Lipinski definition) is 1. The van der Waals surface area contributed by atoms with E-state index in [0.29, 0.717) is 6.54 Å². The highest BCUT2D eigenvalue weighted by atomic mass is 14.7. The fraction of sp³-hybridized carbons (Fsp3) is 0.333. The van der Waals surface area contributed by atoms with Gasteiger partial charge in [0.1, 0.15) is 0 Å². The lowest BCUT2D eigenvalue weighted by atomic mass is 9.84. The first-order chi connectivity index (χ1) is 6.65. The smallest absolute Gasteiger partial charge is 0.0492 e. The number of H-pyrrole nitrogens is 1. The average molecular weight is 188 g/mol. The summed E-state index contributed by atoms with van der Waals surface area (Å²) in [4.78, 5) is 3.27. The first-order valence-electron chi connectivity index (χ1n) is 4.92. The third kappa shape index (κ3) is 1.32. The Hall–Kier alpha value is -1.28. The molecule has 1 heterocycles. The number of rotatable bonds is 2. The highest BCUT2D eigenvalue weighted by Crippen LogP contribution is 2.28. The molecule has 1 aromatic heterocycles. The van der Waals surface area contributed by atoms with Crippen LogP contribution in [0.4, 0.5) is 0 Å². The first kappa shape index (κ1) is 9.28. The summed E-state index contributed by atoms with van der Waals surface area (Å²) in [7, 11) is 0. The Labute approximate surface area is 84.1 Å². The maximum absolute atomic E-state index is 5.78. The summed E-state index contributed by atoms with van der Waals surface area (Å²) in [6.45, 7) is 5.00. The van der Waals surface area contributed by atoms with E-state index in [4.69, 9.17) is 5.73 Å². The van der Waals surface area contributed by atoms with Crippen molar-refractivity contribution in [3.05, 3.63) is 36.0 Å². The second-order valence-electron chi connectivity index (χ2n) is 4.34. The lowest BCUT2D eigenvalue weighted by Crippen LogP contribution is -2.28. The Bertz CT molecular complexity index is 440. The SMILES string of the molecule is CC(C)(CN)c1cccc2cc[nH]c12. The molecule has 0 radical (unpaired) electrons. The predicted octanol–water partition coefficient (Wildman–Crippen LogP) is 2.40. The molecular weight excluding hydrogens is 172 g/mol. The Morgan fingerprint density at radius 2 is 2.07 bits per heavy atom. The van der Waals surface area contributed by atoms with Crippen LogP contribution in [0.25, 0.3) is 10.9 Å². The second kappa shape index (κ2) is 3.14. The zero-order valence-corrected chi connectivity index (χ0v) is 8.67. The number of nitrogens with two attached hydrogens (primary N) is 1. The molecule has 2 heteroatoms. The third-order valence-electron chi connectivity index (χ3n) is 2.83. The van der Waals surface area contributed by atoms with Crippen molar-refractivity contribution in [1.29, 1.82) is 0 Å². The maximum Gasteiger partial charge on any atom is 0.0492 e. The van der Waals surface area contributed by atoms with Crippen molar-refractivity contribution in [2.75, 3.05) is 6.54 Å². The minimum Gasteiger partial charge on any atom is -0.361 e. The molecule has 0 fully saturated rings. The molecule has 0 amide bonds. The lowest BCUT2D eigenvalue weighted by molar-refractivity contribution is 0.543. The molecular formula is C12H16N2. The minimum absolute atomic E-state index is 0.0321. The van der Waals surface area contributed by atoms with Crippen LogP contribution >= 0.6 is 0 Å². The summed E-state index contributed by atoms with van der Waals surface area (Å²) < 4.78 is 0. The van der Waals surface area contributed by atoms with Crippen molar-refractivity contribution in [1.82, 2.24) is 4.98 Å². The van der Waals surface area contributed by atoms with E-state index in [1.807, 2.05) is 6.20 Å². The standard InChI is InChI=1S/C12H16N2/c1-12(2,8-13)10-5-3-4-9-6-7-14-11(9)10/h3-7,14H,8,13H2,1-2H3. The van der Waals surface area contributed by atoms with E-state index in [-0.39, 0.29) is 5.41 Å². The molecule has 2 rings (SSSR count). The Balaban J connectivity index is 2.67. The van der Waals surface area contributed by atoms with Crippen LogP contribution < -0.4 is 5.73 Å². The van der Waals surface area contributed by atoms with E-state index in [9.17, 15) is 0 Å². The fourth-order valence-corrected chi connectivity index (χ4v) is 1.76. The van der Waals surface area contributed by atoms with Crippen molar-refractivity contribution in [2.24, 2.45) is 5.73 Å². The number of hydrogen-bond donors (Lipinski definition) is 2. The highest BCUT2D eigenvalue weighted by molar-refractivity contribution is 5.83. The van der Waals surface area contributed by atoms with Gasteiger partial charge in [0.15, 0.2) is 0 Å². The molecule has 2 nitrogen and oxygen atoms in total. The van der Waals surface area contributed by atoms with E-state index >= 15 is 0 Å². The topological polar surface area (TPSA) is 41.8 Å². The van der Waals surface area contributed by atoms with E-state index in [2.05, 4.69) is 43.1 Å². The number of benzene rings is 1. The molecule has 0 spiro atoms. The summed E-state index contributed by atoms with van der Waals surface area (Å²) in [6, 6.07) is 8.43. The zero-order valence-electron chi connectivity index (χ0n) is 8.67. The third-order valence-corrected chi connectivity index (χ3v) is 2.83. The van der Waals surface area contributed by atoms with Gasteiger partial charge in [-0.25, -0.2) is 0 Å². The zero-order chi connectivity index (χ0) is 10.2. The normalized spacial score (nSPS) is 12.2. The molecule has 74 valence electrons. The summed E-state index contributed by atoms with van der Waals surface area (Å²) >= 11 is 0. The summed E-state index contributed by atoms with van der Waals surface area (Å²) in [5.74, 6) is 0. The summed E-state index contributed by atoms with van der Waals surface area (Å²) in [6.07, 6.45) is 1.97. The molecule has 1 aromatic carbocycles. The van der Waals surface area contributed by atoms with Crippen LogP contribution in [0.2, 0.25) is 0 Å². The summed E-state index contributed by atoms with van der Waals surface area (Å²) in [5.41, 5.74) is 8.32. The van der Waals surface area contributed by atoms with E-state index < -0.39 is 0 Å². The van der Waals surface area contributed by atoms with Crippen molar-refractivity contribution < 1.29 is 0 Å². The van der Waals surface area contributed by atoms with Gasteiger partial charge in [-0.05, 0) is 17.0 Å². The van der Waals surface area contributed by atoms with Gasteiger partial charge in [0.05, 0.1) is 0 Å². The molecule has 0 saturated heterocycles. The van der Waals surface area contributed by atoms with Crippen molar-refractivity contribution in [3.63, 3.8) is 0 Å². The van der Waals surface area contributed by atoms with Gasteiger partial charge in [-0.15, -0.1) is 0 Å². The largest absolute Gasteiger partial charge is 0.361 e. The molecule has 0 saturated carbocycles. The molecule has 0 aliphatic carbocycles. The molecule has 3 N–H and O–H groups in total. The van der Waals surface area contributed by atoms with Crippen molar-refractivity contribution >= 4 is 10.9 Å². The van der Waals surface area contributed by atoms with E-state index in [1.165, 1.54) is 16.5 Å². The molecule has 0 bridgehead atoms. The van der Waals surface area contributed by atoms with Crippen LogP contribution in [0.15, 0.2) is 30.5 Å². The van der Waals surface area contributed by atoms with Gasteiger partial charge in [0.2, 0.25) is 0 Å². The molecule has 14 heavy (non-hydrogen) atoms. The maximum atomic E-state index is 5.78. The minimum atomic E-state index is 0.0321. The highest BCUT2D eigenvalue weighted by Gasteiger charge is 2.20. The molecule has 0 unspecified atom stereocenters. The van der Waals surface area contributed by atoms with Crippen molar-refractivity contribution in [3.8, 4) is 0 Å². The van der Waals surface area contributed by atoms with Crippen molar-refractivity contribution in [2.45, 2.75) is 19.3 Å². The van der Waals surface area contributed by atoms with E-state index in [0.717, 1.165) is 0 Å². The van der Waals surface area contributed by atoms with Gasteiger partial charge in [0, 0.05) is 23.7 Å². The predicted molar refractivity (Wildman–Crippen MR) is 60.4 cm³/mol. The monoisotopic (exact) mass is 188 g/mol. The number of aromatic nitrogens is 1. The molecule has 0 atom stereocenters. The average Bonchev–Trinajstić information content (AvgIpc) is 2.64. The first-order valence-corrected chi connectivity index (χ1v) is 4.92.